The Morgan fingerprint density at radius 2 is 2.30 bits per heavy atom. The van der Waals surface area contributed by atoms with E-state index in [9.17, 15) is 19.5 Å². The number of nitrogens with zero attached hydrogens (tertiary/aromatic N) is 2. The molecule has 3 rings (SSSR count). The fraction of sp³-hybridized carbons (Fsp3) is 0.333. The summed E-state index contributed by atoms with van der Waals surface area (Å²) >= 11 is 1.56. The van der Waals surface area contributed by atoms with Gasteiger partial charge in [0.2, 0.25) is 5.91 Å². The standard InChI is InChI=1S/C15H14N2O5S/c1-22-15(21)9-3-2-4-16(6-9)7-10-8-23-12-5-11(18)17(12)13(10)14(19)20/h2-4,6,12H,5,7-8H2,1H3/p+1/t12-/m0/s1. The van der Waals surface area contributed by atoms with Crippen LogP contribution >= 0.6 is 11.8 Å². The van der Waals surface area contributed by atoms with Crippen LogP contribution in [0.2, 0.25) is 0 Å². The molecule has 0 bridgehead atoms. The molecule has 1 aromatic rings. The van der Waals surface area contributed by atoms with Gasteiger partial charge >= 0.3 is 11.9 Å². The average Bonchev–Trinajstić information content (AvgIpc) is 2.54. The lowest BCUT2D eigenvalue weighted by atomic mass is 10.1. The lowest BCUT2D eigenvalue weighted by Gasteiger charge is -2.43. The van der Waals surface area contributed by atoms with Crippen molar-refractivity contribution >= 4 is 29.6 Å². The van der Waals surface area contributed by atoms with Crippen molar-refractivity contribution in [2.75, 3.05) is 12.9 Å². The number of carboxylic acid groups (broad SMARTS) is 1. The predicted octanol–water partition coefficient (Wildman–Crippen LogP) is 0.405. The van der Waals surface area contributed by atoms with Crippen LogP contribution in [-0.2, 0) is 20.9 Å². The van der Waals surface area contributed by atoms with Crippen molar-refractivity contribution in [1.82, 2.24) is 4.90 Å². The van der Waals surface area contributed by atoms with Crippen molar-refractivity contribution < 1.29 is 28.8 Å². The highest BCUT2D eigenvalue weighted by Gasteiger charge is 2.45. The van der Waals surface area contributed by atoms with Gasteiger partial charge in [-0.15, -0.1) is 11.8 Å². The van der Waals surface area contributed by atoms with E-state index >= 15 is 0 Å². The van der Waals surface area contributed by atoms with E-state index in [0.717, 1.165) is 0 Å². The number of thioether (sulfide) groups is 1. The summed E-state index contributed by atoms with van der Waals surface area (Å²) in [6.45, 7) is 0.302. The van der Waals surface area contributed by atoms with Gasteiger partial charge in [0, 0.05) is 17.4 Å². The number of rotatable bonds is 4. The highest BCUT2D eigenvalue weighted by atomic mass is 32.2. The maximum Gasteiger partial charge on any atom is 0.352 e. The summed E-state index contributed by atoms with van der Waals surface area (Å²) < 4.78 is 6.40. The fourth-order valence-electron chi connectivity index (χ4n) is 2.68. The van der Waals surface area contributed by atoms with Crippen molar-refractivity contribution in [2.24, 2.45) is 0 Å². The number of pyridine rings is 1. The number of carboxylic acids is 1. The molecule has 0 aromatic carbocycles. The lowest BCUT2D eigenvalue weighted by Crippen LogP contribution is -2.54. The minimum absolute atomic E-state index is 0.0660. The number of fused-ring (bicyclic) bond motifs is 1. The highest BCUT2D eigenvalue weighted by molar-refractivity contribution is 8.00. The van der Waals surface area contributed by atoms with Gasteiger partial charge in [0.15, 0.2) is 18.9 Å². The highest BCUT2D eigenvalue weighted by Crippen LogP contribution is 2.39. The molecule has 8 heteroatoms. The van der Waals surface area contributed by atoms with Gasteiger partial charge in [0.05, 0.1) is 18.9 Å². The molecule has 1 fully saturated rings. The first kappa shape index (κ1) is 15.5. The summed E-state index contributed by atoms with van der Waals surface area (Å²) in [5.74, 6) is -1.16. The number of hydrogen-bond donors (Lipinski definition) is 1. The van der Waals surface area contributed by atoms with E-state index in [2.05, 4.69) is 4.74 Å². The third kappa shape index (κ3) is 2.81. The van der Waals surface area contributed by atoms with E-state index in [0.29, 0.717) is 29.9 Å². The molecule has 23 heavy (non-hydrogen) atoms. The van der Waals surface area contributed by atoms with Crippen molar-refractivity contribution in [2.45, 2.75) is 18.3 Å². The Kier molecular flexibility index (Phi) is 4.08. The molecule has 2 aliphatic rings. The van der Waals surface area contributed by atoms with Gasteiger partial charge in [-0.05, 0) is 6.07 Å². The normalized spacial score (nSPS) is 20.0. The molecule has 0 unspecified atom stereocenters. The molecule has 0 aliphatic carbocycles. The van der Waals surface area contributed by atoms with Gasteiger partial charge in [-0.2, -0.15) is 0 Å². The van der Waals surface area contributed by atoms with Crippen molar-refractivity contribution in [3.05, 3.63) is 41.4 Å². The summed E-state index contributed by atoms with van der Waals surface area (Å²) in [7, 11) is 1.30. The van der Waals surface area contributed by atoms with E-state index in [4.69, 9.17) is 0 Å². The molecule has 2 aliphatic heterocycles. The van der Waals surface area contributed by atoms with Gasteiger partial charge in [-0.1, -0.05) is 0 Å². The number of ether oxygens (including phenoxy) is 1. The number of methoxy groups -OCH3 is 1. The van der Waals surface area contributed by atoms with Crippen LogP contribution in [0.4, 0.5) is 0 Å². The van der Waals surface area contributed by atoms with Crippen LogP contribution in [-0.4, -0.2) is 46.1 Å². The molecule has 1 saturated heterocycles. The zero-order valence-corrected chi connectivity index (χ0v) is 13.2. The maximum atomic E-state index is 11.7. The number of carbonyl (C=O) groups is 3. The summed E-state index contributed by atoms with van der Waals surface area (Å²) in [4.78, 5) is 36.2. The molecule has 0 saturated carbocycles. The van der Waals surface area contributed by atoms with E-state index < -0.39 is 11.9 Å². The molecule has 1 amide bonds. The number of aromatic nitrogens is 1. The first-order chi connectivity index (χ1) is 11.0. The van der Waals surface area contributed by atoms with Crippen LogP contribution in [0.1, 0.15) is 16.8 Å². The SMILES string of the molecule is COC(=O)c1ccc[n+](CC2=C(C(=O)O)N3C(=O)C[C@@H]3SC2)c1. The van der Waals surface area contributed by atoms with Gasteiger partial charge in [0.25, 0.3) is 0 Å². The van der Waals surface area contributed by atoms with Crippen LogP contribution in [0.25, 0.3) is 0 Å². The molecule has 0 radical (unpaired) electrons. The number of aliphatic carboxylic acids is 1. The van der Waals surface area contributed by atoms with E-state index in [-0.39, 0.29) is 17.0 Å². The summed E-state index contributed by atoms with van der Waals surface area (Å²) in [6.07, 6.45) is 3.74. The largest absolute Gasteiger partial charge is 0.477 e. The first-order valence-electron chi connectivity index (χ1n) is 6.97. The zero-order chi connectivity index (χ0) is 16.6. The average molecular weight is 335 g/mol. The Morgan fingerprint density at radius 3 is 2.96 bits per heavy atom. The molecule has 0 spiro atoms. The summed E-state index contributed by atoms with van der Waals surface area (Å²) in [5, 5.41) is 9.40. The zero-order valence-electron chi connectivity index (χ0n) is 12.4. The van der Waals surface area contributed by atoms with Crippen LogP contribution in [0.3, 0.4) is 0 Å². The number of carbonyl (C=O) groups excluding carboxylic acids is 2. The Balaban J connectivity index is 1.91. The van der Waals surface area contributed by atoms with Gasteiger partial charge in [-0.3, -0.25) is 9.69 Å². The molecule has 120 valence electrons. The number of esters is 1. The van der Waals surface area contributed by atoms with Crippen molar-refractivity contribution in [3.63, 3.8) is 0 Å². The molecule has 3 heterocycles. The van der Waals surface area contributed by atoms with E-state index in [1.807, 2.05) is 0 Å². The van der Waals surface area contributed by atoms with E-state index in [1.165, 1.54) is 12.0 Å². The molecule has 1 atom stereocenters. The second-order valence-electron chi connectivity index (χ2n) is 5.25. The Labute approximate surface area is 136 Å². The van der Waals surface area contributed by atoms with Crippen molar-refractivity contribution in [1.29, 1.82) is 0 Å². The van der Waals surface area contributed by atoms with Crippen molar-refractivity contribution in [3.8, 4) is 0 Å². The van der Waals surface area contributed by atoms with Crippen LogP contribution < -0.4 is 4.57 Å². The molecular formula is C15H15N2O5S+. The fourth-order valence-corrected chi connectivity index (χ4v) is 3.93. The third-order valence-corrected chi connectivity index (χ3v) is 5.06. The second-order valence-corrected chi connectivity index (χ2v) is 6.41. The minimum atomic E-state index is -1.09. The number of hydrogen-bond acceptors (Lipinski definition) is 5. The molecule has 7 nitrogen and oxygen atoms in total. The molecular weight excluding hydrogens is 320 g/mol. The van der Waals surface area contributed by atoms with Crippen LogP contribution in [0.5, 0.6) is 0 Å². The molecule has 1 N–H and O–H groups in total. The Bertz CT molecular complexity index is 730. The topological polar surface area (TPSA) is 87.8 Å². The number of β-lactam (4-membered cyclic amide) rings is 1. The minimum Gasteiger partial charge on any atom is -0.477 e. The lowest BCUT2D eigenvalue weighted by molar-refractivity contribution is -0.689. The van der Waals surface area contributed by atoms with E-state index in [1.54, 1.807) is 40.9 Å². The Morgan fingerprint density at radius 1 is 1.52 bits per heavy atom. The maximum absolute atomic E-state index is 11.7. The predicted molar refractivity (Wildman–Crippen MR) is 80.3 cm³/mol. The summed E-state index contributed by atoms with van der Waals surface area (Å²) in [5.41, 5.74) is 1.11. The van der Waals surface area contributed by atoms with Crippen LogP contribution in [0.15, 0.2) is 35.8 Å². The Hall–Kier alpha value is -2.35. The quantitative estimate of drug-likeness (QED) is 0.487. The van der Waals surface area contributed by atoms with Gasteiger partial charge in [-0.25, -0.2) is 14.2 Å². The first-order valence-corrected chi connectivity index (χ1v) is 8.02. The van der Waals surface area contributed by atoms with Gasteiger partial charge < -0.3 is 9.84 Å². The monoisotopic (exact) mass is 335 g/mol. The third-order valence-electron chi connectivity index (χ3n) is 3.79. The smallest absolute Gasteiger partial charge is 0.352 e. The number of amides is 1. The summed E-state index contributed by atoms with van der Waals surface area (Å²) in [6, 6.07) is 3.32. The van der Waals surface area contributed by atoms with Crippen LogP contribution in [0, 0.1) is 0 Å². The van der Waals surface area contributed by atoms with Gasteiger partial charge in [0.1, 0.15) is 11.3 Å². The molecule has 1 aromatic heterocycles. The second kappa shape index (κ2) is 6.04.